The number of benzene rings is 1. The number of aromatic nitrogens is 4. The minimum atomic E-state index is 0.927. The molecule has 1 aromatic carbocycles. The second-order valence-electron chi connectivity index (χ2n) is 7.68. The van der Waals surface area contributed by atoms with Crippen LogP contribution >= 0.6 is 0 Å². The molecule has 0 N–H and O–H groups in total. The van der Waals surface area contributed by atoms with Crippen LogP contribution in [0.15, 0.2) is 55.6 Å². The average molecular weight is 367 g/mol. The van der Waals surface area contributed by atoms with Crippen LogP contribution in [-0.4, -0.2) is 9.13 Å². The van der Waals surface area contributed by atoms with Gasteiger partial charge in [0.1, 0.15) is 37.9 Å². The lowest BCUT2D eigenvalue weighted by Gasteiger charge is -2.05. The van der Waals surface area contributed by atoms with Crippen LogP contribution in [0.5, 0.6) is 0 Å². The van der Waals surface area contributed by atoms with Crippen molar-refractivity contribution in [1.29, 1.82) is 0 Å². The van der Waals surface area contributed by atoms with Gasteiger partial charge in [-0.05, 0) is 37.0 Å². The molecule has 3 rings (SSSR count). The molecule has 2 heterocycles. The number of rotatable bonds is 10. The molecule has 0 radical (unpaired) electrons. The largest absolute Gasteiger partial charge is 0.244 e. The first-order valence-corrected chi connectivity index (χ1v) is 10.4. The van der Waals surface area contributed by atoms with Crippen LogP contribution < -0.4 is 9.13 Å². The van der Waals surface area contributed by atoms with Crippen LogP contribution in [0.1, 0.15) is 56.2 Å². The number of aryl methyl sites for hydroxylation is 3. The summed E-state index contributed by atoms with van der Waals surface area (Å²) in [7, 11) is 0. The fourth-order valence-electron chi connectivity index (χ4n) is 3.56. The summed E-state index contributed by atoms with van der Waals surface area (Å²) in [6.45, 7) is 10.7. The molecule has 0 bridgehead atoms. The number of hydrogen-bond acceptors (Lipinski definition) is 0. The van der Waals surface area contributed by atoms with Gasteiger partial charge in [0.05, 0.1) is 13.1 Å². The fourth-order valence-corrected chi connectivity index (χ4v) is 3.56. The highest BCUT2D eigenvalue weighted by molar-refractivity contribution is 5.28. The average Bonchev–Trinajstić information content (AvgIpc) is 3.27. The molecule has 3 aromatic rings. The van der Waals surface area contributed by atoms with Crippen molar-refractivity contribution in [3.63, 3.8) is 0 Å². The van der Waals surface area contributed by atoms with Crippen molar-refractivity contribution in [2.45, 2.75) is 72.6 Å². The fraction of sp³-hybridized carbons (Fsp3) is 0.478. The molecule has 0 aliphatic rings. The summed E-state index contributed by atoms with van der Waals surface area (Å²) < 4.78 is 9.13. The molecule has 0 aliphatic carbocycles. The Morgan fingerprint density at radius 3 is 1.67 bits per heavy atom. The molecule has 0 spiro atoms. The molecule has 27 heavy (non-hydrogen) atoms. The van der Waals surface area contributed by atoms with Crippen molar-refractivity contribution in [2.24, 2.45) is 0 Å². The van der Waals surface area contributed by atoms with E-state index in [0.29, 0.717) is 0 Å². The van der Waals surface area contributed by atoms with Gasteiger partial charge in [0.2, 0.25) is 12.7 Å². The highest BCUT2D eigenvalue weighted by Crippen LogP contribution is 2.10. The van der Waals surface area contributed by atoms with E-state index in [-0.39, 0.29) is 0 Å². The summed E-state index contributed by atoms with van der Waals surface area (Å²) in [4.78, 5) is 0. The molecule has 0 saturated heterocycles. The minimum absolute atomic E-state index is 0.927. The highest BCUT2D eigenvalue weighted by Gasteiger charge is 2.09. The van der Waals surface area contributed by atoms with Gasteiger partial charge in [0.25, 0.3) is 0 Å². The molecule has 4 heteroatoms. The third kappa shape index (κ3) is 5.81. The molecular formula is C23H34N4+2. The summed E-state index contributed by atoms with van der Waals surface area (Å²) in [6.07, 6.45) is 18.1. The molecule has 0 saturated carbocycles. The summed E-state index contributed by atoms with van der Waals surface area (Å²) in [5.41, 5.74) is 4.07. The SMILES string of the molecule is CCCCn1cc[n+](Cc2cc(C)cc(C[n+]3ccn(CCCC)c3)c2)c1. The smallest absolute Gasteiger partial charge is 0.237 e. The molecule has 0 amide bonds. The third-order valence-electron chi connectivity index (χ3n) is 4.96. The van der Waals surface area contributed by atoms with Gasteiger partial charge in [-0.25, -0.2) is 18.3 Å². The van der Waals surface area contributed by atoms with E-state index in [2.05, 4.69) is 94.7 Å². The van der Waals surface area contributed by atoms with E-state index in [4.69, 9.17) is 0 Å². The number of nitrogens with zero attached hydrogens (tertiary/aromatic N) is 4. The van der Waals surface area contributed by atoms with Crippen LogP contribution in [0.4, 0.5) is 0 Å². The molecule has 0 fully saturated rings. The van der Waals surface area contributed by atoms with E-state index in [1.165, 1.54) is 42.4 Å². The molecule has 0 atom stereocenters. The molecule has 4 nitrogen and oxygen atoms in total. The van der Waals surface area contributed by atoms with Crippen LogP contribution in [0, 0.1) is 6.92 Å². The van der Waals surface area contributed by atoms with Crippen molar-refractivity contribution in [1.82, 2.24) is 9.13 Å². The van der Waals surface area contributed by atoms with E-state index in [1.807, 2.05) is 0 Å². The Hall–Kier alpha value is -2.36. The summed E-state index contributed by atoms with van der Waals surface area (Å²) in [5.74, 6) is 0. The Labute approximate surface area is 163 Å². The minimum Gasteiger partial charge on any atom is -0.237 e. The van der Waals surface area contributed by atoms with Gasteiger partial charge in [-0.2, -0.15) is 0 Å². The van der Waals surface area contributed by atoms with Gasteiger partial charge in [-0.15, -0.1) is 0 Å². The molecular weight excluding hydrogens is 332 g/mol. The van der Waals surface area contributed by atoms with Gasteiger partial charge in [0, 0.05) is 0 Å². The number of unbranched alkanes of at least 4 members (excludes halogenated alkanes) is 2. The van der Waals surface area contributed by atoms with Gasteiger partial charge in [0.15, 0.2) is 0 Å². The summed E-state index contributed by atoms with van der Waals surface area (Å²) in [6, 6.07) is 6.95. The Morgan fingerprint density at radius 2 is 1.22 bits per heavy atom. The zero-order chi connectivity index (χ0) is 19.1. The van der Waals surface area contributed by atoms with Crippen molar-refractivity contribution < 1.29 is 9.13 Å². The van der Waals surface area contributed by atoms with Crippen molar-refractivity contribution in [3.05, 3.63) is 72.3 Å². The monoisotopic (exact) mass is 366 g/mol. The highest BCUT2D eigenvalue weighted by atomic mass is 15.1. The molecule has 0 aliphatic heterocycles. The lowest BCUT2D eigenvalue weighted by molar-refractivity contribution is -0.688. The second kappa shape index (κ2) is 9.54. The Balaban J connectivity index is 1.66. The number of imidazole rings is 2. The van der Waals surface area contributed by atoms with E-state index < -0.39 is 0 Å². The Bertz CT molecular complexity index is 777. The third-order valence-corrected chi connectivity index (χ3v) is 4.96. The van der Waals surface area contributed by atoms with Crippen molar-refractivity contribution >= 4 is 0 Å². The quantitative estimate of drug-likeness (QED) is 0.485. The van der Waals surface area contributed by atoms with E-state index in [0.717, 1.165) is 26.2 Å². The maximum atomic E-state index is 2.35. The zero-order valence-corrected chi connectivity index (χ0v) is 17.1. The zero-order valence-electron chi connectivity index (χ0n) is 17.1. The Kier molecular flexibility index (Phi) is 6.86. The Morgan fingerprint density at radius 1 is 0.741 bits per heavy atom. The first-order chi connectivity index (χ1) is 13.2. The lowest BCUT2D eigenvalue weighted by Crippen LogP contribution is -2.33. The maximum absolute atomic E-state index is 2.35. The standard InChI is InChI=1S/C23H34N4/c1-4-6-8-24-10-12-26(19-24)17-22-14-21(3)15-23(16-22)18-27-13-11-25(20-27)9-7-5-2/h10-16,19-20H,4-9,17-18H2,1-3H3/q+2. The van der Waals surface area contributed by atoms with Gasteiger partial charge < -0.3 is 0 Å². The lowest BCUT2D eigenvalue weighted by atomic mass is 10.1. The van der Waals surface area contributed by atoms with Crippen LogP contribution in [-0.2, 0) is 26.2 Å². The van der Waals surface area contributed by atoms with Crippen LogP contribution in [0.2, 0.25) is 0 Å². The van der Waals surface area contributed by atoms with Crippen LogP contribution in [0.3, 0.4) is 0 Å². The second-order valence-corrected chi connectivity index (χ2v) is 7.68. The predicted octanol–water partition coefficient (Wildman–Crippen LogP) is 3.87. The number of hydrogen-bond donors (Lipinski definition) is 0. The van der Waals surface area contributed by atoms with Crippen molar-refractivity contribution in [3.8, 4) is 0 Å². The van der Waals surface area contributed by atoms with Gasteiger partial charge in [-0.3, -0.25) is 0 Å². The predicted molar refractivity (Wildman–Crippen MR) is 108 cm³/mol. The van der Waals surface area contributed by atoms with E-state index in [1.54, 1.807) is 0 Å². The summed E-state index contributed by atoms with van der Waals surface area (Å²) in [5, 5.41) is 0. The van der Waals surface area contributed by atoms with Crippen molar-refractivity contribution in [2.75, 3.05) is 0 Å². The van der Waals surface area contributed by atoms with Crippen LogP contribution in [0.25, 0.3) is 0 Å². The van der Waals surface area contributed by atoms with Gasteiger partial charge in [-0.1, -0.05) is 44.4 Å². The van der Waals surface area contributed by atoms with E-state index in [9.17, 15) is 0 Å². The van der Waals surface area contributed by atoms with E-state index >= 15 is 0 Å². The molecule has 144 valence electrons. The maximum Gasteiger partial charge on any atom is 0.244 e. The molecule has 2 aromatic heterocycles. The molecule has 0 unspecified atom stereocenters. The summed E-state index contributed by atoms with van der Waals surface area (Å²) >= 11 is 0. The first-order valence-electron chi connectivity index (χ1n) is 10.4. The first kappa shape index (κ1) is 19.4. The topological polar surface area (TPSA) is 17.6 Å². The van der Waals surface area contributed by atoms with Gasteiger partial charge >= 0.3 is 0 Å². The normalized spacial score (nSPS) is 11.2.